The lowest BCUT2D eigenvalue weighted by molar-refractivity contribution is 0.108. The van der Waals surface area contributed by atoms with Crippen molar-refractivity contribution in [1.29, 1.82) is 0 Å². The first-order valence-electron chi connectivity index (χ1n) is 2.97. The highest BCUT2D eigenvalue weighted by Gasteiger charge is 2.02. The van der Waals surface area contributed by atoms with E-state index in [9.17, 15) is 4.79 Å². The average molecular weight is 228 g/mol. The SMILES string of the molecule is Cc1ccccc1C(=O)Cl.Cl.Cl. The molecule has 1 aromatic rings. The van der Waals surface area contributed by atoms with Crippen molar-refractivity contribution in [3.8, 4) is 0 Å². The smallest absolute Gasteiger partial charge is 0.252 e. The lowest BCUT2D eigenvalue weighted by Gasteiger charge is -1.96. The molecule has 1 aromatic carbocycles. The van der Waals surface area contributed by atoms with Crippen molar-refractivity contribution in [2.24, 2.45) is 0 Å². The number of aryl methyl sites for hydroxylation is 1. The molecular weight excluding hydrogens is 218 g/mol. The van der Waals surface area contributed by atoms with Crippen LogP contribution in [0.4, 0.5) is 0 Å². The Hall–Kier alpha value is -0.240. The summed E-state index contributed by atoms with van der Waals surface area (Å²) in [6.45, 7) is 1.86. The van der Waals surface area contributed by atoms with Gasteiger partial charge in [-0.1, -0.05) is 18.2 Å². The number of hydrogen-bond donors (Lipinski definition) is 0. The Morgan fingerprint density at radius 3 is 2.08 bits per heavy atom. The predicted octanol–water partition coefficient (Wildman–Crippen LogP) is 3.22. The molecule has 0 aliphatic heterocycles. The van der Waals surface area contributed by atoms with E-state index in [-0.39, 0.29) is 24.8 Å². The molecule has 68 valence electrons. The average Bonchev–Trinajstić information content (AvgIpc) is 1.88. The van der Waals surface area contributed by atoms with Crippen LogP contribution >= 0.6 is 36.4 Å². The molecule has 0 aliphatic carbocycles. The normalized spacial score (nSPS) is 7.83. The van der Waals surface area contributed by atoms with Gasteiger partial charge in [0.1, 0.15) is 0 Å². The molecular formula is C8H9Cl3O. The quantitative estimate of drug-likeness (QED) is 0.673. The number of benzene rings is 1. The predicted molar refractivity (Wildman–Crippen MR) is 55.9 cm³/mol. The first-order valence-corrected chi connectivity index (χ1v) is 3.35. The summed E-state index contributed by atoms with van der Waals surface area (Å²) in [4.78, 5) is 10.6. The van der Waals surface area contributed by atoms with Crippen LogP contribution in [-0.2, 0) is 0 Å². The van der Waals surface area contributed by atoms with Gasteiger partial charge in [-0.15, -0.1) is 24.8 Å². The van der Waals surface area contributed by atoms with E-state index in [1.807, 2.05) is 19.1 Å². The van der Waals surface area contributed by atoms with Crippen LogP contribution in [0.25, 0.3) is 0 Å². The molecule has 0 radical (unpaired) electrons. The summed E-state index contributed by atoms with van der Waals surface area (Å²) in [6, 6.07) is 7.24. The highest BCUT2D eigenvalue weighted by molar-refractivity contribution is 6.67. The zero-order chi connectivity index (χ0) is 7.56. The summed E-state index contributed by atoms with van der Waals surface area (Å²) < 4.78 is 0. The molecule has 0 aliphatic rings. The summed E-state index contributed by atoms with van der Waals surface area (Å²) in [7, 11) is 0. The van der Waals surface area contributed by atoms with Gasteiger partial charge in [-0.3, -0.25) is 4.79 Å². The minimum absolute atomic E-state index is 0. The third-order valence-corrected chi connectivity index (χ3v) is 1.56. The van der Waals surface area contributed by atoms with Crippen LogP contribution in [0, 0.1) is 6.92 Å². The van der Waals surface area contributed by atoms with Gasteiger partial charge in [0, 0.05) is 5.56 Å². The van der Waals surface area contributed by atoms with Gasteiger partial charge >= 0.3 is 0 Å². The molecule has 0 unspecified atom stereocenters. The molecule has 0 saturated carbocycles. The van der Waals surface area contributed by atoms with Gasteiger partial charge in [0.25, 0.3) is 5.24 Å². The van der Waals surface area contributed by atoms with Crippen molar-refractivity contribution < 1.29 is 4.79 Å². The zero-order valence-corrected chi connectivity index (χ0v) is 8.80. The largest absolute Gasteiger partial charge is 0.276 e. The lowest BCUT2D eigenvalue weighted by atomic mass is 10.1. The summed E-state index contributed by atoms with van der Waals surface area (Å²) >= 11 is 5.27. The van der Waals surface area contributed by atoms with E-state index in [0.29, 0.717) is 5.56 Å². The second-order valence-corrected chi connectivity index (χ2v) is 2.43. The van der Waals surface area contributed by atoms with Crippen LogP contribution in [0.5, 0.6) is 0 Å². The Morgan fingerprint density at radius 1 is 1.25 bits per heavy atom. The van der Waals surface area contributed by atoms with Crippen LogP contribution in [0.1, 0.15) is 15.9 Å². The van der Waals surface area contributed by atoms with E-state index in [0.717, 1.165) is 5.56 Å². The maximum absolute atomic E-state index is 10.6. The molecule has 0 atom stereocenters. The van der Waals surface area contributed by atoms with Gasteiger partial charge in [-0.05, 0) is 30.2 Å². The Bertz CT molecular complexity index is 260. The standard InChI is InChI=1S/C8H7ClO.2ClH/c1-6-4-2-3-5-7(6)8(9)10;;/h2-5H,1H3;2*1H. The topological polar surface area (TPSA) is 17.1 Å². The molecule has 0 aromatic heterocycles. The molecule has 0 heterocycles. The van der Waals surface area contributed by atoms with Crippen LogP contribution in [0.3, 0.4) is 0 Å². The molecule has 0 saturated heterocycles. The van der Waals surface area contributed by atoms with E-state index in [4.69, 9.17) is 11.6 Å². The molecule has 0 fully saturated rings. The Morgan fingerprint density at radius 2 is 1.75 bits per heavy atom. The second-order valence-electron chi connectivity index (χ2n) is 2.09. The first kappa shape index (κ1) is 14.3. The van der Waals surface area contributed by atoms with Crippen LogP contribution in [0.2, 0.25) is 0 Å². The Labute approximate surface area is 88.9 Å². The molecule has 0 spiro atoms. The number of carbonyl (C=O) groups is 1. The van der Waals surface area contributed by atoms with Gasteiger partial charge in [0.05, 0.1) is 0 Å². The summed E-state index contributed by atoms with van der Waals surface area (Å²) in [6.07, 6.45) is 0. The molecule has 12 heavy (non-hydrogen) atoms. The Balaban J connectivity index is 0. The highest BCUT2D eigenvalue weighted by Crippen LogP contribution is 2.08. The number of halogens is 3. The molecule has 1 nitrogen and oxygen atoms in total. The van der Waals surface area contributed by atoms with E-state index in [1.54, 1.807) is 12.1 Å². The fourth-order valence-corrected chi connectivity index (χ4v) is 1.01. The lowest BCUT2D eigenvalue weighted by Crippen LogP contribution is -1.90. The van der Waals surface area contributed by atoms with Gasteiger partial charge in [-0.2, -0.15) is 0 Å². The minimum atomic E-state index is -0.391. The Kier molecular flexibility index (Phi) is 7.50. The van der Waals surface area contributed by atoms with E-state index in [2.05, 4.69) is 0 Å². The minimum Gasteiger partial charge on any atom is -0.276 e. The molecule has 1 rings (SSSR count). The third kappa shape index (κ3) is 3.44. The van der Waals surface area contributed by atoms with Crippen molar-refractivity contribution in [2.75, 3.05) is 0 Å². The molecule has 0 bridgehead atoms. The van der Waals surface area contributed by atoms with E-state index >= 15 is 0 Å². The van der Waals surface area contributed by atoms with Crippen molar-refractivity contribution in [3.63, 3.8) is 0 Å². The van der Waals surface area contributed by atoms with Crippen molar-refractivity contribution in [2.45, 2.75) is 6.92 Å². The fraction of sp³-hybridized carbons (Fsp3) is 0.125. The molecule has 0 N–H and O–H groups in total. The maximum atomic E-state index is 10.6. The molecule has 0 amide bonds. The number of carbonyl (C=O) groups excluding carboxylic acids is 1. The maximum Gasteiger partial charge on any atom is 0.252 e. The van der Waals surface area contributed by atoms with Crippen LogP contribution in [-0.4, -0.2) is 5.24 Å². The highest BCUT2D eigenvalue weighted by atomic mass is 35.5. The summed E-state index contributed by atoms with van der Waals surface area (Å²) in [5.41, 5.74) is 1.51. The van der Waals surface area contributed by atoms with Gasteiger partial charge in [0.15, 0.2) is 0 Å². The van der Waals surface area contributed by atoms with Crippen molar-refractivity contribution >= 4 is 41.7 Å². The van der Waals surface area contributed by atoms with E-state index in [1.165, 1.54) is 0 Å². The fourth-order valence-electron chi connectivity index (χ4n) is 0.793. The summed E-state index contributed by atoms with van der Waals surface area (Å²) in [5.74, 6) is 0. The van der Waals surface area contributed by atoms with Gasteiger partial charge < -0.3 is 0 Å². The van der Waals surface area contributed by atoms with Gasteiger partial charge in [-0.25, -0.2) is 0 Å². The van der Waals surface area contributed by atoms with Crippen molar-refractivity contribution in [1.82, 2.24) is 0 Å². The number of rotatable bonds is 1. The second kappa shape index (κ2) is 6.30. The van der Waals surface area contributed by atoms with Crippen LogP contribution < -0.4 is 0 Å². The zero-order valence-electron chi connectivity index (χ0n) is 6.41. The van der Waals surface area contributed by atoms with Crippen molar-refractivity contribution in [3.05, 3.63) is 35.4 Å². The third-order valence-electron chi connectivity index (χ3n) is 1.36. The van der Waals surface area contributed by atoms with E-state index < -0.39 is 5.24 Å². The monoisotopic (exact) mass is 226 g/mol. The van der Waals surface area contributed by atoms with Crippen LogP contribution in [0.15, 0.2) is 24.3 Å². The van der Waals surface area contributed by atoms with Gasteiger partial charge in [0.2, 0.25) is 0 Å². The summed E-state index contributed by atoms with van der Waals surface area (Å²) in [5, 5.41) is -0.391. The number of hydrogen-bond acceptors (Lipinski definition) is 1. The first-order chi connectivity index (χ1) is 4.72. The molecule has 4 heteroatoms.